The van der Waals surface area contributed by atoms with E-state index in [0.29, 0.717) is 16.3 Å². The number of carbonyl (C=O) groups excluding carboxylic acids is 1. The van der Waals surface area contributed by atoms with E-state index in [0.717, 1.165) is 16.5 Å². The first kappa shape index (κ1) is 15.8. The molecule has 3 rings (SSSR count). The van der Waals surface area contributed by atoms with Crippen LogP contribution in [0.2, 0.25) is 5.02 Å². The van der Waals surface area contributed by atoms with Crippen LogP contribution in [-0.4, -0.2) is 21.9 Å². The minimum atomic E-state index is -0.0826. The molecule has 0 fully saturated rings. The third kappa shape index (κ3) is 3.16. The van der Waals surface area contributed by atoms with Gasteiger partial charge in [-0.05, 0) is 32.0 Å². The Morgan fingerprint density at radius 1 is 1.35 bits per heavy atom. The summed E-state index contributed by atoms with van der Waals surface area (Å²) in [7, 11) is 0. The van der Waals surface area contributed by atoms with Gasteiger partial charge in [0.2, 0.25) is 5.78 Å². The fraction of sp³-hybridized carbons (Fsp3) is 0.176. The summed E-state index contributed by atoms with van der Waals surface area (Å²) in [6, 6.07) is 8.98. The highest BCUT2D eigenvalue weighted by atomic mass is 35.5. The van der Waals surface area contributed by atoms with Crippen LogP contribution in [0.25, 0.3) is 5.13 Å². The summed E-state index contributed by atoms with van der Waals surface area (Å²) < 4.78 is 7.52. The largest absolute Gasteiger partial charge is 0.484 e. The van der Waals surface area contributed by atoms with E-state index in [4.69, 9.17) is 16.3 Å². The second-order valence-corrected chi connectivity index (χ2v) is 6.36. The maximum absolute atomic E-state index is 12.5. The average molecular weight is 347 g/mol. The van der Waals surface area contributed by atoms with Crippen LogP contribution >= 0.6 is 22.9 Å². The highest BCUT2D eigenvalue weighted by Gasteiger charge is 2.18. The summed E-state index contributed by atoms with van der Waals surface area (Å²) in [6.45, 7) is 3.82. The molecule has 0 spiro atoms. The SMILES string of the molecule is Cc1cc(C(=O)COc2ccccc2Cl)c(C)n1-c1nccs1. The van der Waals surface area contributed by atoms with Crippen LogP contribution in [-0.2, 0) is 0 Å². The van der Waals surface area contributed by atoms with Crippen LogP contribution < -0.4 is 4.74 Å². The number of rotatable bonds is 5. The van der Waals surface area contributed by atoms with Crippen molar-refractivity contribution in [1.29, 1.82) is 0 Å². The number of ether oxygens (including phenoxy) is 1. The Morgan fingerprint density at radius 3 is 2.83 bits per heavy atom. The van der Waals surface area contributed by atoms with Crippen molar-refractivity contribution >= 4 is 28.7 Å². The molecule has 0 atom stereocenters. The van der Waals surface area contributed by atoms with Crippen LogP contribution in [0.15, 0.2) is 41.9 Å². The lowest BCUT2D eigenvalue weighted by Crippen LogP contribution is -2.13. The number of para-hydroxylation sites is 1. The summed E-state index contributed by atoms with van der Waals surface area (Å²) in [5.41, 5.74) is 2.48. The molecule has 0 radical (unpaired) electrons. The normalized spacial score (nSPS) is 10.7. The molecule has 2 aromatic heterocycles. The summed E-state index contributed by atoms with van der Waals surface area (Å²) in [6.07, 6.45) is 1.75. The highest BCUT2D eigenvalue weighted by molar-refractivity contribution is 7.12. The number of aromatic nitrogens is 2. The number of benzene rings is 1. The number of hydrogen-bond donors (Lipinski definition) is 0. The maximum Gasteiger partial charge on any atom is 0.202 e. The Hall–Kier alpha value is -2.11. The number of thiazole rings is 1. The Balaban J connectivity index is 1.81. The van der Waals surface area contributed by atoms with Crippen LogP contribution in [0, 0.1) is 13.8 Å². The van der Waals surface area contributed by atoms with Crippen molar-refractivity contribution in [2.45, 2.75) is 13.8 Å². The van der Waals surface area contributed by atoms with E-state index in [1.165, 1.54) is 11.3 Å². The minimum absolute atomic E-state index is 0.0497. The third-order valence-corrected chi connectivity index (χ3v) is 4.61. The lowest BCUT2D eigenvalue weighted by molar-refractivity contribution is 0.0921. The Bertz CT molecular complexity index is 840. The monoisotopic (exact) mass is 346 g/mol. The number of carbonyl (C=O) groups is 1. The van der Waals surface area contributed by atoms with Gasteiger partial charge in [0.15, 0.2) is 11.7 Å². The van der Waals surface area contributed by atoms with Gasteiger partial charge in [0.05, 0.1) is 5.02 Å². The van der Waals surface area contributed by atoms with E-state index in [-0.39, 0.29) is 12.4 Å². The van der Waals surface area contributed by atoms with Gasteiger partial charge in [-0.15, -0.1) is 11.3 Å². The maximum atomic E-state index is 12.5. The van der Waals surface area contributed by atoms with Gasteiger partial charge in [0, 0.05) is 28.5 Å². The molecule has 118 valence electrons. The van der Waals surface area contributed by atoms with Crippen LogP contribution in [0.1, 0.15) is 21.7 Å². The fourth-order valence-electron chi connectivity index (χ4n) is 2.45. The van der Waals surface area contributed by atoms with Crippen LogP contribution in [0.3, 0.4) is 0 Å². The van der Waals surface area contributed by atoms with E-state index in [1.807, 2.05) is 42.0 Å². The molecular weight excluding hydrogens is 332 g/mol. The van der Waals surface area contributed by atoms with Gasteiger partial charge in [-0.2, -0.15) is 0 Å². The van der Waals surface area contributed by atoms with E-state index in [2.05, 4.69) is 4.98 Å². The number of nitrogens with zero attached hydrogens (tertiary/aromatic N) is 2. The second-order valence-electron chi connectivity index (χ2n) is 5.08. The number of hydrogen-bond acceptors (Lipinski definition) is 4. The van der Waals surface area contributed by atoms with Crippen molar-refractivity contribution in [3.63, 3.8) is 0 Å². The lowest BCUT2D eigenvalue weighted by Gasteiger charge is -2.08. The van der Waals surface area contributed by atoms with Gasteiger partial charge in [-0.3, -0.25) is 9.36 Å². The molecule has 23 heavy (non-hydrogen) atoms. The first-order chi connectivity index (χ1) is 11.1. The van der Waals surface area contributed by atoms with Crippen molar-refractivity contribution in [3.8, 4) is 10.9 Å². The molecule has 0 bridgehead atoms. The molecule has 0 amide bonds. The number of Topliss-reactive ketones (excluding diaryl/α,β-unsaturated/α-hetero) is 1. The summed E-state index contributed by atoms with van der Waals surface area (Å²) >= 11 is 7.57. The lowest BCUT2D eigenvalue weighted by atomic mass is 10.1. The van der Waals surface area contributed by atoms with E-state index < -0.39 is 0 Å². The molecule has 0 aliphatic heterocycles. The predicted octanol–water partition coefficient (Wildman–Crippen LogP) is 4.47. The Kier molecular flexibility index (Phi) is 4.50. The minimum Gasteiger partial charge on any atom is -0.484 e. The van der Waals surface area contributed by atoms with Crippen molar-refractivity contribution in [2.24, 2.45) is 0 Å². The Morgan fingerprint density at radius 2 is 2.13 bits per heavy atom. The summed E-state index contributed by atoms with van der Waals surface area (Å²) in [4.78, 5) is 16.8. The molecule has 0 aliphatic rings. The molecule has 0 saturated carbocycles. The van der Waals surface area contributed by atoms with Gasteiger partial charge in [-0.1, -0.05) is 23.7 Å². The van der Waals surface area contributed by atoms with E-state index >= 15 is 0 Å². The molecule has 0 N–H and O–H groups in total. The highest BCUT2D eigenvalue weighted by Crippen LogP contribution is 2.25. The second kappa shape index (κ2) is 6.56. The van der Waals surface area contributed by atoms with Gasteiger partial charge in [-0.25, -0.2) is 4.98 Å². The standard InChI is InChI=1S/C17H15ClN2O2S/c1-11-9-13(12(2)20(11)17-19-7-8-23-17)15(21)10-22-16-6-4-3-5-14(16)18/h3-9H,10H2,1-2H3. The average Bonchev–Trinajstić information content (AvgIpc) is 3.14. The number of halogens is 1. The quantitative estimate of drug-likeness (QED) is 0.640. The van der Waals surface area contributed by atoms with Crippen molar-refractivity contribution < 1.29 is 9.53 Å². The molecule has 0 unspecified atom stereocenters. The molecule has 4 nitrogen and oxygen atoms in total. The van der Waals surface area contributed by atoms with E-state index in [9.17, 15) is 4.79 Å². The zero-order valence-corrected chi connectivity index (χ0v) is 14.3. The van der Waals surface area contributed by atoms with Gasteiger partial charge in [0.1, 0.15) is 5.75 Å². The predicted molar refractivity (Wildman–Crippen MR) is 92.2 cm³/mol. The smallest absolute Gasteiger partial charge is 0.202 e. The molecule has 0 saturated heterocycles. The first-order valence-corrected chi connectivity index (χ1v) is 8.33. The van der Waals surface area contributed by atoms with Crippen molar-refractivity contribution in [2.75, 3.05) is 6.61 Å². The molecule has 1 aromatic carbocycles. The van der Waals surface area contributed by atoms with Crippen molar-refractivity contribution in [3.05, 3.63) is 63.9 Å². The van der Waals surface area contributed by atoms with Crippen LogP contribution in [0.4, 0.5) is 0 Å². The number of aryl methyl sites for hydroxylation is 1. The molecule has 6 heteroatoms. The van der Waals surface area contributed by atoms with Gasteiger partial charge >= 0.3 is 0 Å². The molecular formula is C17H15ClN2O2S. The summed E-state index contributed by atoms with van der Waals surface area (Å²) in [5, 5.41) is 3.26. The molecule has 0 aliphatic carbocycles. The third-order valence-electron chi connectivity index (χ3n) is 3.54. The molecule has 2 heterocycles. The van der Waals surface area contributed by atoms with Gasteiger partial charge < -0.3 is 4.74 Å². The first-order valence-electron chi connectivity index (χ1n) is 7.07. The Labute approximate surface area is 143 Å². The van der Waals surface area contributed by atoms with Crippen LogP contribution in [0.5, 0.6) is 5.75 Å². The molecule has 3 aromatic rings. The van der Waals surface area contributed by atoms with E-state index in [1.54, 1.807) is 18.3 Å². The summed E-state index contributed by atoms with van der Waals surface area (Å²) in [5.74, 6) is 0.428. The number of ketones is 1. The zero-order chi connectivity index (χ0) is 16.4. The topological polar surface area (TPSA) is 44.1 Å². The van der Waals surface area contributed by atoms with Gasteiger partial charge in [0.25, 0.3) is 0 Å². The zero-order valence-electron chi connectivity index (χ0n) is 12.7. The fourth-order valence-corrected chi connectivity index (χ4v) is 3.39. The van der Waals surface area contributed by atoms with Crippen molar-refractivity contribution in [1.82, 2.24) is 9.55 Å².